The first kappa shape index (κ1) is 15.8. The van der Waals surface area contributed by atoms with Crippen molar-refractivity contribution in [3.05, 3.63) is 41.6 Å². The molecule has 2 N–H and O–H groups in total. The van der Waals surface area contributed by atoms with Crippen molar-refractivity contribution in [2.75, 3.05) is 19.6 Å². The second-order valence-electron chi connectivity index (χ2n) is 6.54. The average molecular weight is 316 g/mol. The van der Waals surface area contributed by atoms with Crippen LogP contribution in [0.3, 0.4) is 0 Å². The molecule has 23 heavy (non-hydrogen) atoms. The van der Waals surface area contributed by atoms with Crippen molar-refractivity contribution in [1.82, 2.24) is 20.4 Å². The Balaban J connectivity index is 1.44. The number of hydrogen-bond acceptors (Lipinski definition) is 4. The maximum atomic E-state index is 12.2. The van der Waals surface area contributed by atoms with E-state index < -0.39 is 0 Å². The number of furan rings is 1. The molecular weight excluding hydrogens is 292 g/mol. The van der Waals surface area contributed by atoms with Gasteiger partial charge in [0.1, 0.15) is 11.5 Å². The molecule has 1 fully saturated rings. The molecule has 1 atom stereocenters. The molecule has 0 unspecified atom stereocenters. The van der Waals surface area contributed by atoms with Gasteiger partial charge in [0.05, 0.1) is 12.8 Å². The molecule has 1 aliphatic rings. The van der Waals surface area contributed by atoms with Gasteiger partial charge in [0, 0.05) is 18.8 Å². The van der Waals surface area contributed by atoms with E-state index in [0.29, 0.717) is 24.1 Å². The molecule has 1 saturated heterocycles. The zero-order valence-electron chi connectivity index (χ0n) is 13.7. The lowest BCUT2D eigenvalue weighted by atomic mass is 10.1. The Morgan fingerprint density at radius 3 is 3.13 bits per heavy atom. The van der Waals surface area contributed by atoms with E-state index in [-0.39, 0.29) is 5.91 Å². The van der Waals surface area contributed by atoms with Crippen molar-refractivity contribution in [3.8, 4) is 0 Å². The minimum absolute atomic E-state index is 0.0994. The second-order valence-corrected chi connectivity index (χ2v) is 6.54. The third kappa shape index (κ3) is 4.01. The van der Waals surface area contributed by atoms with E-state index in [9.17, 15) is 4.79 Å². The Hall–Kier alpha value is -2.08. The summed E-state index contributed by atoms with van der Waals surface area (Å²) in [4.78, 5) is 14.5. The Morgan fingerprint density at radius 1 is 1.57 bits per heavy atom. The van der Waals surface area contributed by atoms with Crippen molar-refractivity contribution in [1.29, 1.82) is 0 Å². The Kier molecular flexibility index (Phi) is 4.81. The molecule has 2 aromatic heterocycles. The number of nitrogens with zero attached hydrogens (tertiary/aromatic N) is 2. The lowest BCUT2D eigenvalue weighted by molar-refractivity contribution is 0.0942. The first-order chi connectivity index (χ1) is 11.1. The molecule has 0 aromatic carbocycles. The third-order valence-corrected chi connectivity index (χ3v) is 4.33. The molecule has 124 valence electrons. The normalized spacial score (nSPS) is 18.7. The molecule has 3 heterocycles. The number of carbonyl (C=O) groups is 1. The summed E-state index contributed by atoms with van der Waals surface area (Å²) in [7, 11) is 0. The summed E-state index contributed by atoms with van der Waals surface area (Å²) in [5.74, 6) is 1.72. The highest BCUT2D eigenvalue weighted by atomic mass is 16.3. The quantitative estimate of drug-likeness (QED) is 0.858. The van der Waals surface area contributed by atoms with Gasteiger partial charge in [-0.3, -0.25) is 14.8 Å². The minimum atomic E-state index is -0.0994. The summed E-state index contributed by atoms with van der Waals surface area (Å²) >= 11 is 0. The number of H-pyrrole nitrogens is 1. The van der Waals surface area contributed by atoms with Crippen LogP contribution in [0, 0.1) is 5.92 Å². The first-order valence-electron chi connectivity index (χ1n) is 8.20. The predicted octanol–water partition coefficient (Wildman–Crippen LogP) is 2.38. The molecule has 3 rings (SSSR count). The molecule has 0 aliphatic carbocycles. The standard InChI is InChI=1S/C17H24N4O2/c1-12(2)15-8-16(20-19-15)17(22)18-9-13-5-6-21(10-13)11-14-4-3-7-23-14/h3-4,7-8,12-13H,5-6,9-11H2,1-2H3,(H,18,22)(H,19,20)/t13-/m1/s1. The minimum Gasteiger partial charge on any atom is -0.468 e. The van der Waals surface area contributed by atoms with Crippen molar-refractivity contribution >= 4 is 5.91 Å². The van der Waals surface area contributed by atoms with E-state index in [2.05, 4.69) is 34.3 Å². The van der Waals surface area contributed by atoms with Crippen LogP contribution < -0.4 is 5.32 Å². The van der Waals surface area contributed by atoms with E-state index in [1.807, 2.05) is 18.2 Å². The second kappa shape index (κ2) is 7.00. The number of hydrogen-bond donors (Lipinski definition) is 2. The van der Waals surface area contributed by atoms with E-state index in [1.165, 1.54) is 0 Å². The van der Waals surface area contributed by atoms with E-state index >= 15 is 0 Å². The molecule has 2 aromatic rings. The van der Waals surface area contributed by atoms with Crippen LogP contribution in [0.2, 0.25) is 0 Å². The van der Waals surface area contributed by atoms with Gasteiger partial charge in [0.25, 0.3) is 5.91 Å². The third-order valence-electron chi connectivity index (χ3n) is 4.33. The number of rotatable bonds is 6. The zero-order chi connectivity index (χ0) is 16.2. The highest BCUT2D eigenvalue weighted by Crippen LogP contribution is 2.18. The maximum absolute atomic E-state index is 12.2. The lowest BCUT2D eigenvalue weighted by Crippen LogP contribution is -2.31. The van der Waals surface area contributed by atoms with Crippen LogP contribution in [0.4, 0.5) is 0 Å². The summed E-state index contributed by atoms with van der Waals surface area (Å²) in [5.41, 5.74) is 1.46. The molecule has 6 nitrogen and oxygen atoms in total. The number of amides is 1. The number of aromatic amines is 1. The summed E-state index contributed by atoms with van der Waals surface area (Å²) < 4.78 is 5.39. The summed E-state index contributed by atoms with van der Waals surface area (Å²) in [6.07, 6.45) is 2.80. The number of carbonyl (C=O) groups excluding carboxylic acids is 1. The van der Waals surface area contributed by atoms with Gasteiger partial charge in [-0.15, -0.1) is 0 Å². The molecular formula is C17H24N4O2. The van der Waals surface area contributed by atoms with Gasteiger partial charge in [-0.2, -0.15) is 5.10 Å². The Labute approximate surface area is 136 Å². The lowest BCUT2D eigenvalue weighted by Gasteiger charge is -2.14. The van der Waals surface area contributed by atoms with Gasteiger partial charge in [-0.1, -0.05) is 13.8 Å². The van der Waals surface area contributed by atoms with Crippen LogP contribution in [0.1, 0.15) is 48.1 Å². The monoisotopic (exact) mass is 316 g/mol. The predicted molar refractivity (Wildman–Crippen MR) is 87.1 cm³/mol. The smallest absolute Gasteiger partial charge is 0.271 e. The summed E-state index contributed by atoms with van der Waals surface area (Å²) in [6.45, 7) is 7.70. The van der Waals surface area contributed by atoms with Gasteiger partial charge in [-0.25, -0.2) is 0 Å². The van der Waals surface area contributed by atoms with Crippen molar-refractivity contribution in [2.45, 2.75) is 32.7 Å². The van der Waals surface area contributed by atoms with E-state index in [4.69, 9.17) is 4.42 Å². The van der Waals surface area contributed by atoms with Crippen LogP contribution >= 0.6 is 0 Å². The van der Waals surface area contributed by atoms with Crippen LogP contribution in [-0.4, -0.2) is 40.6 Å². The molecule has 0 spiro atoms. The highest BCUT2D eigenvalue weighted by Gasteiger charge is 2.24. The van der Waals surface area contributed by atoms with E-state index in [1.54, 1.807) is 6.26 Å². The molecule has 0 saturated carbocycles. The van der Waals surface area contributed by atoms with Gasteiger partial charge >= 0.3 is 0 Å². The fraction of sp³-hybridized carbons (Fsp3) is 0.529. The Morgan fingerprint density at radius 2 is 2.43 bits per heavy atom. The largest absolute Gasteiger partial charge is 0.468 e. The highest BCUT2D eigenvalue weighted by molar-refractivity contribution is 5.92. The van der Waals surface area contributed by atoms with Gasteiger partial charge in [0.2, 0.25) is 0 Å². The summed E-state index contributed by atoms with van der Waals surface area (Å²) in [6, 6.07) is 5.75. The van der Waals surface area contributed by atoms with Gasteiger partial charge < -0.3 is 9.73 Å². The zero-order valence-corrected chi connectivity index (χ0v) is 13.7. The Bertz CT molecular complexity index is 633. The molecule has 0 bridgehead atoms. The number of likely N-dealkylation sites (tertiary alicyclic amines) is 1. The fourth-order valence-corrected chi connectivity index (χ4v) is 2.92. The first-order valence-corrected chi connectivity index (χ1v) is 8.20. The maximum Gasteiger partial charge on any atom is 0.271 e. The van der Waals surface area contributed by atoms with Crippen LogP contribution in [-0.2, 0) is 6.54 Å². The number of aromatic nitrogens is 2. The van der Waals surface area contributed by atoms with Crippen LogP contribution in [0.5, 0.6) is 0 Å². The fourth-order valence-electron chi connectivity index (χ4n) is 2.92. The molecule has 6 heteroatoms. The van der Waals surface area contributed by atoms with Crippen molar-refractivity contribution < 1.29 is 9.21 Å². The van der Waals surface area contributed by atoms with Gasteiger partial charge in [-0.05, 0) is 43.0 Å². The SMILES string of the molecule is CC(C)c1cc(C(=O)NC[C@H]2CCN(Cc3ccco3)C2)n[nH]1. The average Bonchev–Trinajstić information content (AvgIpc) is 3.27. The summed E-state index contributed by atoms with van der Waals surface area (Å²) in [5, 5.41) is 10.0. The molecule has 1 amide bonds. The molecule has 1 aliphatic heterocycles. The number of nitrogens with one attached hydrogen (secondary N) is 2. The topological polar surface area (TPSA) is 74.2 Å². The van der Waals surface area contributed by atoms with Gasteiger partial charge in [0.15, 0.2) is 0 Å². The van der Waals surface area contributed by atoms with Crippen LogP contribution in [0.25, 0.3) is 0 Å². The van der Waals surface area contributed by atoms with Crippen LogP contribution in [0.15, 0.2) is 28.9 Å². The van der Waals surface area contributed by atoms with E-state index in [0.717, 1.165) is 37.5 Å². The van der Waals surface area contributed by atoms with Crippen molar-refractivity contribution in [2.24, 2.45) is 5.92 Å². The van der Waals surface area contributed by atoms with Crippen molar-refractivity contribution in [3.63, 3.8) is 0 Å². The molecule has 0 radical (unpaired) electrons.